The summed E-state index contributed by atoms with van der Waals surface area (Å²) in [6, 6.07) is 7.22. The second-order valence-corrected chi connectivity index (χ2v) is 5.55. The van der Waals surface area contributed by atoms with Crippen molar-refractivity contribution < 1.29 is 4.79 Å². The molecule has 0 fully saturated rings. The topological polar surface area (TPSA) is 68.0 Å². The zero-order chi connectivity index (χ0) is 14.4. The molecule has 0 radical (unpaired) electrons. The van der Waals surface area contributed by atoms with Gasteiger partial charge in [-0.2, -0.15) is 0 Å². The van der Waals surface area contributed by atoms with Crippen LogP contribution in [-0.4, -0.2) is 16.9 Å². The molecule has 20 heavy (non-hydrogen) atoms. The summed E-state index contributed by atoms with van der Waals surface area (Å²) in [5.41, 5.74) is 7.62. The van der Waals surface area contributed by atoms with Gasteiger partial charge < -0.3 is 11.1 Å². The molecule has 2 aromatic rings. The highest BCUT2D eigenvalue weighted by Gasteiger charge is 2.13. The number of nitrogens with one attached hydrogen (secondary N) is 1. The molecule has 4 nitrogen and oxygen atoms in total. The average molecular weight is 289 g/mol. The van der Waals surface area contributed by atoms with Gasteiger partial charge in [0.25, 0.3) is 0 Å². The molecule has 0 saturated heterocycles. The van der Waals surface area contributed by atoms with Crippen LogP contribution < -0.4 is 11.1 Å². The molecule has 2 rings (SSSR count). The number of aromatic nitrogens is 1. The molecule has 1 atom stereocenters. The Bertz CT molecular complexity index is 554. The van der Waals surface area contributed by atoms with Gasteiger partial charge in [-0.3, -0.25) is 4.79 Å². The molecule has 0 spiro atoms. The third kappa shape index (κ3) is 3.88. The first-order valence-electron chi connectivity index (χ1n) is 6.77. The third-order valence-electron chi connectivity index (χ3n) is 3.01. The Kier molecular flexibility index (Phi) is 5.26. The smallest absolute Gasteiger partial charge is 0.241 e. The molecule has 1 amide bonds. The number of nitrogens with two attached hydrogens (primary N) is 1. The average Bonchev–Trinajstić information content (AvgIpc) is 2.99. The monoisotopic (exact) mass is 289 g/mol. The largest absolute Gasteiger partial charge is 0.325 e. The number of hydrogen-bond donors (Lipinski definition) is 2. The summed E-state index contributed by atoms with van der Waals surface area (Å²) < 4.78 is 0. The van der Waals surface area contributed by atoms with Crippen LogP contribution in [0.15, 0.2) is 35.8 Å². The van der Waals surface area contributed by atoms with Gasteiger partial charge >= 0.3 is 0 Å². The normalized spacial score (nSPS) is 12.1. The van der Waals surface area contributed by atoms with Gasteiger partial charge in [0.2, 0.25) is 5.91 Å². The number of amides is 1. The van der Waals surface area contributed by atoms with Crippen LogP contribution in [0.2, 0.25) is 0 Å². The minimum atomic E-state index is -0.446. The Morgan fingerprint density at radius 1 is 1.50 bits per heavy atom. The zero-order valence-corrected chi connectivity index (χ0v) is 12.3. The molecule has 0 aliphatic rings. The highest BCUT2D eigenvalue weighted by molar-refractivity contribution is 7.13. The van der Waals surface area contributed by atoms with Crippen molar-refractivity contribution in [2.75, 3.05) is 5.32 Å². The summed E-state index contributed by atoms with van der Waals surface area (Å²) in [6.45, 7) is 2.09. The van der Waals surface area contributed by atoms with Crippen LogP contribution in [0.5, 0.6) is 0 Å². The molecule has 0 aliphatic carbocycles. The Morgan fingerprint density at radius 2 is 2.35 bits per heavy atom. The zero-order valence-electron chi connectivity index (χ0n) is 11.5. The van der Waals surface area contributed by atoms with Crippen molar-refractivity contribution in [1.29, 1.82) is 0 Å². The van der Waals surface area contributed by atoms with Crippen LogP contribution in [0.3, 0.4) is 0 Å². The van der Waals surface area contributed by atoms with Crippen molar-refractivity contribution in [2.24, 2.45) is 5.73 Å². The molecule has 0 saturated carbocycles. The van der Waals surface area contributed by atoms with Crippen molar-refractivity contribution in [3.63, 3.8) is 0 Å². The number of thiazole rings is 1. The lowest BCUT2D eigenvalue weighted by Gasteiger charge is -2.12. The number of carbonyl (C=O) groups is 1. The molecule has 0 bridgehead atoms. The number of nitrogens with zero attached hydrogens (tertiary/aromatic N) is 1. The minimum absolute atomic E-state index is 0.130. The fourth-order valence-corrected chi connectivity index (χ4v) is 2.52. The molecule has 0 aliphatic heterocycles. The highest BCUT2D eigenvalue weighted by atomic mass is 32.1. The Labute approximate surface area is 123 Å². The van der Waals surface area contributed by atoms with Crippen LogP contribution in [-0.2, 0) is 4.79 Å². The maximum absolute atomic E-state index is 12.0. The molecule has 5 heteroatoms. The lowest BCUT2D eigenvalue weighted by atomic mass is 10.1. The standard InChI is InChI=1S/C15H19N3OS/c1-2-3-7-13(16)14(19)18-12-6-4-5-11(10-12)15-17-8-9-20-15/h4-6,8-10,13H,2-3,7,16H2,1H3,(H,18,19). The van der Waals surface area contributed by atoms with Gasteiger partial charge in [-0.15, -0.1) is 11.3 Å². The van der Waals surface area contributed by atoms with Crippen LogP contribution >= 0.6 is 11.3 Å². The first-order chi connectivity index (χ1) is 9.70. The SMILES string of the molecule is CCCCC(N)C(=O)Nc1cccc(-c2nccs2)c1. The summed E-state index contributed by atoms with van der Waals surface area (Å²) in [5, 5.41) is 5.74. The summed E-state index contributed by atoms with van der Waals surface area (Å²) in [7, 11) is 0. The molecular weight excluding hydrogens is 270 g/mol. The fraction of sp³-hybridized carbons (Fsp3) is 0.333. The van der Waals surface area contributed by atoms with Crippen LogP contribution in [0.1, 0.15) is 26.2 Å². The number of rotatable bonds is 6. The number of carbonyl (C=O) groups excluding carboxylic acids is 1. The second kappa shape index (κ2) is 7.17. The summed E-state index contributed by atoms with van der Waals surface area (Å²) in [5.74, 6) is -0.130. The summed E-state index contributed by atoms with van der Waals surface area (Å²) >= 11 is 1.57. The van der Waals surface area contributed by atoms with E-state index in [2.05, 4.69) is 17.2 Å². The van der Waals surface area contributed by atoms with Gasteiger partial charge in [-0.05, 0) is 18.6 Å². The van der Waals surface area contributed by atoms with Crippen molar-refractivity contribution in [1.82, 2.24) is 4.98 Å². The number of anilines is 1. The molecule has 1 heterocycles. The van der Waals surface area contributed by atoms with Crippen LogP contribution in [0.4, 0.5) is 5.69 Å². The first kappa shape index (κ1) is 14.7. The van der Waals surface area contributed by atoms with Crippen molar-refractivity contribution >= 4 is 22.9 Å². The Morgan fingerprint density at radius 3 is 3.05 bits per heavy atom. The number of unbranched alkanes of at least 4 members (excludes halogenated alkanes) is 1. The Balaban J connectivity index is 2.03. The van der Waals surface area contributed by atoms with Gasteiger partial charge in [0, 0.05) is 22.8 Å². The van der Waals surface area contributed by atoms with E-state index < -0.39 is 6.04 Å². The maximum atomic E-state index is 12.0. The molecule has 1 aromatic carbocycles. The van der Waals surface area contributed by atoms with Crippen LogP contribution in [0, 0.1) is 0 Å². The van der Waals surface area contributed by atoms with Crippen molar-refractivity contribution in [3.8, 4) is 10.6 Å². The quantitative estimate of drug-likeness (QED) is 0.857. The predicted octanol–water partition coefficient (Wildman–Crippen LogP) is 3.27. The maximum Gasteiger partial charge on any atom is 0.241 e. The van der Waals surface area contributed by atoms with E-state index in [0.717, 1.165) is 29.1 Å². The molecule has 3 N–H and O–H groups in total. The summed E-state index contributed by atoms with van der Waals surface area (Å²) in [4.78, 5) is 16.2. The van der Waals surface area contributed by atoms with Gasteiger partial charge in [-0.1, -0.05) is 31.9 Å². The van der Waals surface area contributed by atoms with E-state index in [1.54, 1.807) is 17.5 Å². The van der Waals surface area contributed by atoms with E-state index in [1.807, 2.05) is 29.6 Å². The van der Waals surface area contributed by atoms with Gasteiger partial charge in [0.1, 0.15) is 5.01 Å². The molecule has 1 aromatic heterocycles. The number of benzene rings is 1. The van der Waals surface area contributed by atoms with Crippen molar-refractivity contribution in [3.05, 3.63) is 35.8 Å². The van der Waals surface area contributed by atoms with E-state index in [9.17, 15) is 4.79 Å². The van der Waals surface area contributed by atoms with E-state index in [0.29, 0.717) is 6.42 Å². The molecular formula is C15H19N3OS. The van der Waals surface area contributed by atoms with E-state index >= 15 is 0 Å². The van der Waals surface area contributed by atoms with E-state index in [-0.39, 0.29) is 5.91 Å². The fourth-order valence-electron chi connectivity index (χ4n) is 1.89. The Hall–Kier alpha value is -1.72. The molecule has 106 valence electrons. The summed E-state index contributed by atoms with van der Waals surface area (Å²) in [6.07, 6.45) is 4.49. The van der Waals surface area contributed by atoms with Crippen molar-refractivity contribution in [2.45, 2.75) is 32.2 Å². The van der Waals surface area contributed by atoms with Crippen LogP contribution in [0.25, 0.3) is 10.6 Å². The van der Waals surface area contributed by atoms with Gasteiger partial charge in [0.15, 0.2) is 0 Å². The van der Waals surface area contributed by atoms with E-state index in [4.69, 9.17) is 5.73 Å². The molecule has 1 unspecified atom stereocenters. The van der Waals surface area contributed by atoms with Gasteiger partial charge in [0.05, 0.1) is 6.04 Å². The van der Waals surface area contributed by atoms with E-state index in [1.165, 1.54) is 0 Å². The minimum Gasteiger partial charge on any atom is -0.325 e. The number of hydrogen-bond acceptors (Lipinski definition) is 4. The van der Waals surface area contributed by atoms with Gasteiger partial charge in [-0.25, -0.2) is 4.98 Å². The lowest BCUT2D eigenvalue weighted by molar-refractivity contribution is -0.117. The lowest BCUT2D eigenvalue weighted by Crippen LogP contribution is -2.35. The third-order valence-corrected chi connectivity index (χ3v) is 3.84. The first-order valence-corrected chi connectivity index (χ1v) is 7.65. The predicted molar refractivity (Wildman–Crippen MR) is 83.7 cm³/mol. The second-order valence-electron chi connectivity index (χ2n) is 4.66. The highest BCUT2D eigenvalue weighted by Crippen LogP contribution is 2.24.